The van der Waals surface area contributed by atoms with E-state index in [-0.39, 0.29) is 5.95 Å². The first-order valence-corrected chi connectivity index (χ1v) is 12.5. The molecule has 1 aromatic carbocycles. The van der Waals surface area contributed by atoms with Crippen LogP contribution in [0.2, 0.25) is 0 Å². The minimum absolute atomic E-state index is 0.283. The number of pyridine rings is 1. The summed E-state index contributed by atoms with van der Waals surface area (Å²) >= 11 is 0. The van der Waals surface area contributed by atoms with E-state index in [2.05, 4.69) is 24.2 Å². The van der Waals surface area contributed by atoms with E-state index in [1.807, 2.05) is 30.0 Å². The molecule has 2 aliphatic rings. The second-order valence-corrected chi connectivity index (χ2v) is 10.1. The summed E-state index contributed by atoms with van der Waals surface area (Å²) in [6.45, 7) is 6.10. The van der Waals surface area contributed by atoms with Crippen molar-refractivity contribution in [1.82, 2.24) is 19.7 Å². The van der Waals surface area contributed by atoms with Crippen LogP contribution in [0, 0.1) is 31.6 Å². The van der Waals surface area contributed by atoms with Crippen molar-refractivity contribution >= 4 is 6.41 Å². The number of hydrogen-bond donors (Lipinski definition) is 0. The van der Waals surface area contributed by atoms with Crippen LogP contribution >= 0.6 is 0 Å². The number of hydrogen-bond acceptors (Lipinski definition) is 3. The Bertz CT molecular complexity index is 1180. The highest BCUT2D eigenvalue weighted by molar-refractivity contribution is 5.81. The topological polar surface area (TPSA) is 51.0 Å². The Balaban J connectivity index is 1.43. The summed E-state index contributed by atoms with van der Waals surface area (Å²) in [5.41, 5.74) is 6.08. The molecule has 178 valence electrons. The van der Waals surface area contributed by atoms with Gasteiger partial charge < -0.3 is 4.90 Å². The van der Waals surface area contributed by atoms with E-state index >= 15 is 4.39 Å². The highest BCUT2D eigenvalue weighted by Gasteiger charge is 2.24. The first kappa shape index (κ1) is 22.8. The standard InChI is InChI=1S/C28H33FN4O/c1-19-13-23(10-11-24(19)17-32(18-34)15-22-8-9-22)27-25(12-7-20(2)31-27)26-14-30-33(28(26)29)16-21-5-3-4-6-21/h7,10-14,18,21-22H,3-6,8-9,15-17H2,1-2H3. The SMILES string of the molecule is Cc1ccc(-c2cnn(CC3CCCC3)c2F)c(-c2ccc(CN(C=O)CC3CC3)c(C)c2)n1. The summed E-state index contributed by atoms with van der Waals surface area (Å²) in [4.78, 5) is 18.2. The second kappa shape index (κ2) is 9.69. The van der Waals surface area contributed by atoms with Gasteiger partial charge in [0, 0.05) is 36.5 Å². The number of aryl methyl sites for hydroxylation is 2. The summed E-state index contributed by atoms with van der Waals surface area (Å²) in [6, 6.07) is 10.1. The Hall–Kier alpha value is -3.02. The zero-order valence-electron chi connectivity index (χ0n) is 20.1. The van der Waals surface area contributed by atoms with E-state index in [1.54, 1.807) is 6.20 Å². The molecule has 0 unspecified atom stereocenters. The summed E-state index contributed by atoms with van der Waals surface area (Å²) in [6.07, 6.45) is 9.80. The van der Waals surface area contributed by atoms with Gasteiger partial charge >= 0.3 is 0 Å². The molecule has 0 saturated heterocycles. The van der Waals surface area contributed by atoms with Gasteiger partial charge in [0.1, 0.15) is 0 Å². The maximum atomic E-state index is 15.4. The lowest BCUT2D eigenvalue weighted by molar-refractivity contribution is -0.118. The fourth-order valence-corrected chi connectivity index (χ4v) is 5.13. The van der Waals surface area contributed by atoms with Gasteiger partial charge in [-0.05, 0) is 74.6 Å². The van der Waals surface area contributed by atoms with Crippen molar-refractivity contribution in [3.63, 3.8) is 0 Å². The highest BCUT2D eigenvalue weighted by Crippen LogP contribution is 2.35. The quantitative estimate of drug-likeness (QED) is 0.372. The molecule has 6 heteroatoms. The van der Waals surface area contributed by atoms with Crippen LogP contribution in [-0.4, -0.2) is 32.6 Å². The van der Waals surface area contributed by atoms with E-state index in [0.717, 1.165) is 59.4 Å². The Morgan fingerprint density at radius 2 is 1.85 bits per heavy atom. The van der Waals surface area contributed by atoms with Crippen molar-refractivity contribution < 1.29 is 9.18 Å². The second-order valence-electron chi connectivity index (χ2n) is 10.1. The largest absolute Gasteiger partial charge is 0.341 e. The Morgan fingerprint density at radius 1 is 1.06 bits per heavy atom. The molecule has 0 spiro atoms. The Morgan fingerprint density at radius 3 is 2.56 bits per heavy atom. The minimum Gasteiger partial charge on any atom is -0.341 e. The van der Waals surface area contributed by atoms with Crippen molar-refractivity contribution in [1.29, 1.82) is 0 Å². The lowest BCUT2D eigenvalue weighted by Gasteiger charge is -2.19. The lowest BCUT2D eigenvalue weighted by Crippen LogP contribution is -2.24. The number of nitrogens with zero attached hydrogens (tertiary/aromatic N) is 4. The first-order chi connectivity index (χ1) is 16.5. The van der Waals surface area contributed by atoms with Crippen LogP contribution < -0.4 is 0 Å². The molecule has 1 amide bonds. The fraction of sp³-hybridized carbons (Fsp3) is 0.464. The number of carbonyl (C=O) groups excluding carboxylic acids is 1. The van der Waals surface area contributed by atoms with E-state index in [0.29, 0.717) is 30.5 Å². The summed E-state index contributed by atoms with van der Waals surface area (Å²) in [5, 5.41) is 4.39. The van der Waals surface area contributed by atoms with Crippen LogP contribution in [0.4, 0.5) is 4.39 Å². The Labute approximate surface area is 201 Å². The van der Waals surface area contributed by atoms with Crippen molar-refractivity contribution in [3.8, 4) is 22.4 Å². The zero-order chi connectivity index (χ0) is 23.7. The molecule has 2 fully saturated rings. The molecule has 0 bridgehead atoms. The van der Waals surface area contributed by atoms with Crippen molar-refractivity contribution in [2.24, 2.45) is 11.8 Å². The van der Waals surface area contributed by atoms with Gasteiger partial charge in [-0.2, -0.15) is 9.49 Å². The van der Waals surface area contributed by atoms with E-state index in [9.17, 15) is 4.79 Å². The third-order valence-corrected chi connectivity index (χ3v) is 7.33. The number of benzene rings is 1. The molecule has 0 N–H and O–H groups in total. The van der Waals surface area contributed by atoms with Crippen LogP contribution in [0.25, 0.3) is 22.4 Å². The van der Waals surface area contributed by atoms with Gasteiger partial charge in [0.25, 0.3) is 0 Å². The van der Waals surface area contributed by atoms with Gasteiger partial charge in [0.15, 0.2) is 0 Å². The molecule has 2 aromatic heterocycles. The molecule has 34 heavy (non-hydrogen) atoms. The van der Waals surface area contributed by atoms with Crippen LogP contribution in [0.3, 0.4) is 0 Å². The average molecular weight is 461 g/mol. The zero-order valence-corrected chi connectivity index (χ0v) is 20.1. The highest BCUT2D eigenvalue weighted by atomic mass is 19.1. The predicted octanol–water partition coefficient (Wildman–Crippen LogP) is 5.93. The number of carbonyl (C=O) groups is 1. The van der Waals surface area contributed by atoms with Crippen LogP contribution in [0.15, 0.2) is 36.5 Å². The van der Waals surface area contributed by atoms with Crippen molar-refractivity contribution in [2.45, 2.75) is 65.5 Å². The van der Waals surface area contributed by atoms with E-state index < -0.39 is 0 Å². The van der Waals surface area contributed by atoms with Gasteiger partial charge in [0.05, 0.1) is 17.5 Å². The fourth-order valence-electron chi connectivity index (χ4n) is 5.13. The molecule has 2 aliphatic carbocycles. The molecule has 2 heterocycles. The Kier molecular flexibility index (Phi) is 6.48. The molecule has 5 nitrogen and oxygen atoms in total. The molecule has 0 aliphatic heterocycles. The van der Waals surface area contributed by atoms with Gasteiger partial charge in [-0.15, -0.1) is 0 Å². The number of rotatable bonds is 9. The van der Waals surface area contributed by atoms with Crippen molar-refractivity contribution in [3.05, 3.63) is 59.3 Å². The third-order valence-electron chi connectivity index (χ3n) is 7.33. The summed E-state index contributed by atoms with van der Waals surface area (Å²) in [7, 11) is 0. The van der Waals surface area contributed by atoms with E-state index in [1.165, 1.54) is 30.4 Å². The van der Waals surface area contributed by atoms with Crippen LogP contribution in [-0.2, 0) is 17.9 Å². The molecule has 0 radical (unpaired) electrons. The molecular formula is C28H33FN4O. The number of amides is 1. The van der Waals surface area contributed by atoms with Gasteiger partial charge in [-0.3, -0.25) is 9.78 Å². The number of aromatic nitrogens is 3. The van der Waals surface area contributed by atoms with Gasteiger partial charge in [0.2, 0.25) is 12.4 Å². The maximum Gasteiger partial charge on any atom is 0.219 e. The van der Waals surface area contributed by atoms with Crippen molar-refractivity contribution in [2.75, 3.05) is 6.54 Å². The summed E-state index contributed by atoms with van der Waals surface area (Å²) in [5.74, 6) is 0.890. The molecular weight excluding hydrogens is 427 g/mol. The van der Waals surface area contributed by atoms with E-state index in [4.69, 9.17) is 4.98 Å². The number of halogens is 1. The lowest BCUT2D eigenvalue weighted by atomic mass is 9.97. The monoisotopic (exact) mass is 460 g/mol. The molecule has 0 atom stereocenters. The molecule has 2 saturated carbocycles. The smallest absolute Gasteiger partial charge is 0.219 e. The van der Waals surface area contributed by atoms with Gasteiger partial charge in [-0.25, -0.2) is 4.68 Å². The van der Waals surface area contributed by atoms with Crippen LogP contribution in [0.5, 0.6) is 0 Å². The third kappa shape index (κ3) is 4.91. The maximum absolute atomic E-state index is 15.4. The first-order valence-electron chi connectivity index (χ1n) is 12.5. The van der Waals surface area contributed by atoms with Gasteiger partial charge in [-0.1, -0.05) is 31.0 Å². The average Bonchev–Trinajstić information content (AvgIpc) is 3.36. The normalized spacial score (nSPS) is 16.2. The predicted molar refractivity (Wildman–Crippen MR) is 131 cm³/mol. The minimum atomic E-state index is -0.283. The molecule has 3 aromatic rings. The van der Waals surface area contributed by atoms with Crippen LogP contribution in [0.1, 0.15) is 55.3 Å². The summed E-state index contributed by atoms with van der Waals surface area (Å²) < 4.78 is 17.0. The molecule has 5 rings (SSSR count).